The molecular formula is C14H28N2. The first-order valence-corrected chi connectivity index (χ1v) is 7.23. The van der Waals surface area contributed by atoms with Gasteiger partial charge in [0.2, 0.25) is 0 Å². The Morgan fingerprint density at radius 3 is 2.56 bits per heavy atom. The SMILES string of the molecule is CC(C)NCC1CCCN1CC1CCCC1. The van der Waals surface area contributed by atoms with Crippen molar-refractivity contribution in [1.29, 1.82) is 0 Å². The van der Waals surface area contributed by atoms with Crippen molar-refractivity contribution < 1.29 is 0 Å². The average molecular weight is 224 g/mol. The lowest BCUT2D eigenvalue weighted by Gasteiger charge is -2.28. The molecule has 2 heteroatoms. The van der Waals surface area contributed by atoms with Gasteiger partial charge in [0, 0.05) is 25.2 Å². The molecule has 94 valence electrons. The van der Waals surface area contributed by atoms with Crippen LogP contribution in [0.1, 0.15) is 52.4 Å². The van der Waals surface area contributed by atoms with E-state index in [1.807, 2.05) is 0 Å². The Morgan fingerprint density at radius 2 is 1.88 bits per heavy atom. The Kier molecular flexibility index (Phi) is 4.66. The summed E-state index contributed by atoms with van der Waals surface area (Å²) in [4.78, 5) is 2.76. The third-order valence-electron chi connectivity index (χ3n) is 4.23. The molecule has 1 atom stereocenters. The van der Waals surface area contributed by atoms with Gasteiger partial charge in [0.05, 0.1) is 0 Å². The first kappa shape index (κ1) is 12.4. The number of hydrogen-bond acceptors (Lipinski definition) is 2. The maximum Gasteiger partial charge on any atom is 0.0221 e. The van der Waals surface area contributed by atoms with Crippen molar-refractivity contribution in [3.05, 3.63) is 0 Å². The largest absolute Gasteiger partial charge is 0.313 e. The number of likely N-dealkylation sites (tertiary alicyclic amines) is 1. The van der Waals surface area contributed by atoms with E-state index in [1.54, 1.807) is 0 Å². The van der Waals surface area contributed by atoms with E-state index >= 15 is 0 Å². The predicted octanol–water partition coefficient (Wildman–Crippen LogP) is 2.64. The summed E-state index contributed by atoms with van der Waals surface area (Å²) in [6.07, 6.45) is 8.76. The summed E-state index contributed by atoms with van der Waals surface area (Å²) in [5.74, 6) is 1.01. The molecule has 0 aromatic heterocycles. The highest BCUT2D eigenvalue weighted by atomic mass is 15.2. The molecule has 1 heterocycles. The van der Waals surface area contributed by atoms with Crippen LogP contribution in [0.2, 0.25) is 0 Å². The maximum absolute atomic E-state index is 3.60. The van der Waals surface area contributed by atoms with Crippen molar-refractivity contribution in [2.75, 3.05) is 19.6 Å². The fraction of sp³-hybridized carbons (Fsp3) is 1.00. The van der Waals surface area contributed by atoms with Crippen LogP contribution in [0.3, 0.4) is 0 Å². The lowest BCUT2D eigenvalue weighted by Crippen LogP contribution is -2.41. The van der Waals surface area contributed by atoms with Crippen molar-refractivity contribution in [3.63, 3.8) is 0 Å². The molecule has 2 nitrogen and oxygen atoms in total. The van der Waals surface area contributed by atoms with Crippen molar-refractivity contribution in [2.24, 2.45) is 5.92 Å². The molecule has 1 saturated heterocycles. The zero-order valence-corrected chi connectivity index (χ0v) is 11.0. The van der Waals surface area contributed by atoms with Crippen LogP contribution in [0, 0.1) is 5.92 Å². The minimum atomic E-state index is 0.633. The molecule has 2 aliphatic rings. The van der Waals surface area contributed by atoms with Gasteiger partial charge in [-0.05, 0) is 38.1 Å². The monoisotopic (exact) mass is 224 g/mol. The van der Waals surface area contributed by atoms with Gasteiger partial charge in [-0.15, -0.1) is 0 Å². The summed E-state index contributed by atoms with van der Waals surface area (Å²) in [5, 5.41) is 3.60. The molecule has 1 unspecified atom stereocenters. The van der Waals surface area contributed by atoms with Crippen LogP contribution in [0.15, 0.2) is 0 Å². The van der Waals surface area contributed by atoms with Crippen molar-refractivity contribution in [3.8, 4) is 0 Å². The summed E-state index contributed by atoms with van der Waals surface area (Å²) in [5.41, 5.74) is 0. The quantitative estimate of drug-likeness (QED) is 0.772. The molecule has 2 fully saturated rings. The van der Waals surface area contributed by atoms with E-state index in [2.05, 4.69) is 24.1 Å². The molecule has 2 rings (SSSR count). The first-order valence-electron chi connectivity index (χ1n) is 7.23. The van der Waals surface area contributed by atoms with Gasteiger partial charge in [-0.2, -0.15) is 0 Å². The molecule has 0 amide bonds. The van der Waals surface area contributed by atoms with Crippen LogP contribution in [0.4, 0.5) is 0 Å². The zero-order valence-electron chi connectivity index (χ0n) is 11.0. The van der Waals surface area contributed by atoms with Gasteiger partial charge in [0.15, 0.2) is 0 Å². The van der Waals surface area contributed by atoms with E-state index in [0.717, 1.165) is 12.0 Å². The molecule has 16 heavy (non-hydrogen) atoms. The van der Waals surface area contributed by atoms with Gasteiger partial charge in [-0.3, -0.25) is 4.90 Å². The van der Waals surface area contributed by atoms with E-state index in [-0.39, 0.29) is 0 Å². The highest BCUT2D eigenvalue weighted by Crippen LogP contribution is 2.28. The Morgan fingerprint density at radius 1 is 1.12 bits per heavy atom. The zero-order chi connectivity index (χ0) is 11.4. The molecule has 0 aromatic rings. The third kappa shape index (κ3) is 3.46. The van der Waals surface area contributed by atoms with Crippen molar-refractivity contribution in [2.45, 2.75) is 64.5 Å². The van der Waals surface area contributed by atoms with Crippen LogP contribution < -0.4 is 5.32 Å². The summed E-state index contributed by atoms with van der Waals surface area (Å²) in [7, 11) is 0. The molecule has 0 radical (unpaired) electrons. The molecule has 1 aliphatic carbocycles. The Labute approximate surface area is 101 Å². The Bertz CT molecular complexity index is 197. The molecule has 1 N–H and O–H groups in total. The fourth-order valence-corrected chi connectivity index (χ4v) is 3.26. The second-order valence-corrected chi connectivity index (χ2v) is 6.00. The second kappa shape index (κ2) is 6.02. The molecule has 1 aliphatic heterocycles. The first-order chi connectivity index (χ1) is 7.75. The Balaban J connectivity index is 1.73. The van der Waals surface area contributed by atoms with Crippen LogP contribution in [0.25, 0.3) is 0 Å². The van der Waals surface area contributed by atoms with Crippen LogP contribution >= 0.6 is 0 Å². The van der Waals surface area contributed by atoms with Gasteiger partial charge in [0.25, 0.3) is 0 Å². The van der Waals surface area contributed by atoms with E-state index < -0.39 is 0 Å². The molecule has 0 bridgehead atoms. The van der Waals surface area contributed by atoms with E-state index in [1.165, 1.54) is 58.2 Å². The summed E-state index contributed by atoms with van der Waals surface area (Å²) in [6.45, 7) is 8.42. The molecule has 0 aromatic carbocycles. The lowest BCUT2D eigenvalue weighted by atomic mass is 10.1. The van der Waals surface area contributed by atoms with E-state index in [4.69, 9.17) is 0 Å². The van der Waals surface area contributed by atoms with E-state index in [9.17, 15) is 0 Å². The third-order valence-corrected chi connectivity index (χ3v) is 4.23. The molecule has 1 saturated carbocycles. The highest BCUT2D eigenvalue weighted by molar-refractivity contribution is 4.84. The van der Waals surface area contributed by atoms with Gasteiger partial charge in [-0.1, -0.05) is 26.7 Å². The minimum absolute atomic E-state index is 0.633. The topological polar surface area (TPSA) is 15.3 Å². The van der Waals surface area contributed by atoms with Gasteiger partial charge in [-0.25, -0.2) is 0 Å². The number of rotatable bonds is 5. The lowest BCUT2D eigenvalue weighted by molar-refractivity contribution is 0.208. The Hall–Kier alpha value is -0.0800. The number of nitrogens with one attached hydrogen (secondary N) is 1. The normalized spacial score (nSPS) is 28.3. The summed E-state index contributed by atoms with van der Waals surface area (Å²) in [6, 6.07) is 1.46. The number of nitrogens with zero attached hydrogens (tertiary/aromatic N) is 1. The standard InChI is InChI=1S/C14H28N2/c1-12(2)15-10-14-8-5-9-16(14)11-13-6-3-4-7-13/h12-15H,3-11H2,1-2H3. The van der Waals surface area contributed by atoms with E-state index in [0.29, 0.717) is 6.04 Å². The predicted molar refractivity (Wildman–Crippen MR) is 69.7 cm³/mol. The van der Waals surface area contributed by atoms with Crippen LogP contribution in [0.5, 0.6) is 0 Å². The number of hydrogen-bond donors (Lipinski definition) is 1. The summed E-state index contributed by atoms with van der Waals surface area (Å²) < 4.78 is 0. The highest BCUT2D eigenvalue weighted by Gasteiger charge is 2.27. The van der Waals surface area contributed by atoms with Gasteiger partial charge >= 0.3 is 0 Å². The maximum atomic E-state index is 3.60. The van der Waals surface area contributed by atoms with Crippen LogP contribution in [-0.4, -0.2) is 36.6 Å². The fourth-order valence-electron chi connectivity index (χ4n) is 3.26. The molecular weight excluding hydrogens is 196 g/mol. The second-order valence-electron chi connectivity index (χ2n) is 6.00. The molecule has 0 spiro atoms. The van der Waals surface area contributed by atoms with Gasteiger partial charge < -0.3 is 5.32 Å². The van der Waals surface area contributed by atoms with Crippen LogP contribution in [-0.2, 0) is 0 Å². The summed E-state index contributed by atoms with van der Waals surface area (Å²) >= 11 is 0. The average Bonchev–Trinajstić information content (AvgIpc) is 2.87. The van der Waals surface area contributed by atoms with Crippen molar-refractivity contribution in [1.82, 2.24) is 10.2 Å². The van der Waals surface area contributed by atoms with Gasteiger partial charge in [0.1, 0.15) is 0 Å². The van der Waals surface area contributed by atoms with Crippen molar-refractivity contribution >= 4 is 0 Å². The smallest absolute Gasteiger partial charge is 0.0221 e. The minimum Gasteiger partial charge on any atom is -0.313 e.